The second-order valence-electron chi connectivity index (χ2n) is 7.01. The van der Waals surface area contributed by atoms with Gasteiger partial charge in [0.05, 0.1) is 11.3 Å². The molecule has 25 heavy (non-hydrogen) atoms. The predicted octanol–water partition coefficient (Wildman–Crippen LogP) is 3.83. The molecule has 3 rings (SSSR count). The first-order valence-corrected chi connectivity index (χ1v) is 8.07. The third-order valence-electron chi connectivity index (χ3n) is 5.27. The van der Waals surface area contributed by atoms with E-state index >= 15 is 0 Å². The highest BCUT2D eigenvalue weighted by Gasteiger charge is 2.78. The molecule has 0 radical (unpaired) electrons. The minimum Gasteiger partial charge on any atom is -0.481 e. The minimum atomic E-state index is -1.30. The Hall–Kier alpha value is -2.82. The fourth-order valence-electron chi connectivity index (χ4n) is 3.84. The van der Waals surface area contributed by atoms with E-state index in [1.165, 1.54) is 0 Å². The zero-order valence-corrected chi connectivity index (χ0v) is 14.1. The number of rotatable bonds is 6. The molecule has 0 spiro atoms. The average molecular weight is 340 g/mol. The molecule has 0 bridgehead atoms. The average Bonchev–Trinajstić information content (AvgIpc) is 3.05. The molecule has 2 aromatic carbocycles. The van der Waals surface area contributed by atoms with Gasteiger partial charge in [0.25, 0.3) is 0 Å². The molecule has 2 unspecified atom stereocenters. The van der Waals surface area contributed by atoms with Gasteiger partial charge in [-0.25, -0.2) is 0 Å². The maximum Gasteiger partial charge on any atom is 0.311 e. The minimum absolute atomic E-state index is 0.151. The standard InChI is InChI=1S/C20H20O5/c1-19(2)16(17(21)22)20(19,18(23)24)12-13-7-6-10-15(11-13)25-14-8-4-3-5-9-14/h3-11,16H,12H2,1-2H3,(H,21,22)(H,23,24). The van der Waals surface area contributed by atoms with E-state index in [0.717, 1.165) is 5.56 Å². The Morgan fingerprint density at radius 3 is 2.20 bits per heavy atom. The van der Waals surface area contributed by atoms with Crippen molar-refractivity contribution in [3.8, 4) is 11.5 Å². The van der Waals surface area contributed by atoms with Gasteiger partial charge in [-0.2, -0.15) is 0 Å². The molecule has 2 atom stereocenters. The Morgan fingerprint density at radius 1 is 1.00 bits per heavy atom. The van der Waals surface area contributed by atoms with Gasteiger partial charge in [-0.1, -0.05) is 44.2 Å². The molecule has 2 aromatic rings. The van der Waals surface area contributed by atoms with Crippen LogP contribution < -0.4 is 4.74 Å². The fourth-order valence-corrected chi connectivity index (χ4v) is 3.84. The van der Waals surface area contributed by atoms with Crippen LogP contribution in [0.2, 0.25) is 0 Å². The summed E-state index contributed by atoms with van der Waals surface area (Å²) in [6.07, 6.45) is 0.151. The smallest absolute Gasteiger partial charge is 0.311 e. The summed E-state index contributed by atoms with van der Waals surface area (Å²) in [7, 11) is 0. The van der Waals surface area contributed by atoms with Gasteiger partial charge in [-0.15, -0.1) is 0 Å². The van der Waals surface area contributed by atoms with Crippen molar-refractivity contribution in [2.75, 3.05) is 0 Å². The molecule has 0 amide bonds. The van der Waals surface area contributed by atoms with E-state index in [4.69, 9.17) is 4.74 Å². The Labute approximate surface area is 145 Å². The first kappa shape index (κ1) is 17.0. The number of carbonyl (C=O) groups is 2. The summed E-state index contributed by atoms with van der Waals surface area (Å²) < 4.78 is 5.78. The van der Waals surface area contributed by atoms with Gasteiger partial charge in [0.1, 0.15) is 11.5 Å². The van der Waals surface area contributed by atoms with E-state index in [0.29, 0.717) is 11.5 Å². The highest BCUT2D eigenvalue weighted by atomic mass is 16.5. The first-order chi connectivity index (χ1) is 11.8. The number of benzene rings is 2. The Balaban J connectivity index is 1.86. The van der Waals surface area contributed by atoms with Crippen LogP contribution in [0.4, 0.5) is 0 Å². The van der Waals surface area contributed by atoms with E-state index in [9.17, 15) is 19.8 Å². The van der Waals surface area contributed by atoms with Crippen LogP contribution in [0.5, 0.6) is 11.5 Å². The number of carboxylic acid groups (broad SMARTS) is 2. The summed E-state index contributed by atoms with van der Waals surface area (Å²) in [5.41, 5.74) is -1.36. The third-order valence-corrected chi connectivity index (χ3v) is 5.27. The van der Waals surface area contributed by atoms with Crippen LogP contribution in [0.15, 0.2) is 54.6 Å². The lowest BCUT2D eigenvalue weighted by Gasteiger charge is -2.16. The summed E-state index contributed by atoms with van der Waals surface area (Å²) in [6, 6.07) is 16.4. The van der Waals surface area contributed by atoms with Crippen LogP contribution in [-0.4, -0.2) is 22.2 Å². The monoisotopic (exact) mass is 340 g/mol. The van der Waals surface area contributed by atoms with Gasteiger partial charge >= 0.3 is 11.9 Å². The largest absolute Gasteiger partial charge is 0.481 e. The zero-order valence-electron chi connectivity index (χ0n) is 14.1. The lowest BCUT2D eigenvalue weighted by atomic mass is 9.88. The SMILES string of the molecule is CC1(C)C(C(=O)O)C1(Cc1cccc(Oc2ccccc2)c1)C(=O)O. The van der Waals surface area contributed by atoms with Crippen LogP contribution in [0, 0.1) is 16.7 Å². The normalized spacial score (nSPS) is 23.7. The molecule has 2 N–H and O–H groups in total. The fraction of sp³-hybridized carbons (Fsp3) is 0.300. The molecule has 0 heterocycles. The van der Waals surface area contributed by atoms with E-state index in [1.54, 1.807) is 38.1 Å². The van der Waals surface area contributed by atoms with Gasteiger partial charge in [-0.05, 0) is 41.7 Å². The summed E-state index contributed by atoms with van der Waals surface area (Å²) in [5.74, 6) is -1.77. The quantitative estimate of drug-likeness (QED) is 0.835. The topological polar surface area (TPSA) is 83.8 Å². The summed E-state index contributed by atoms with van der Waals surface area (Å²) in [6.45, 7) is 3.40. The lowest BCUT2D eigenvalue weighted by molar-refractivity contribution is -0.149. The number of ether oxygens (including phenoxy) is 1. The van der Waals surface area contributed by atoms with Crippen molar-refractivity contribution in [3.05, 3.63) is 60.2 Å². The van der Waals surface area contributed by atoms with Crippen LogP contribution in [0.3, 0.4) is 0 Å². The van der Waals surface area contributed by atoms with Gasteiger partial charge in [0.2, 0.25) is 0 Å². The van der Waals surface area contributed by atoms with Gasteiger partial charge in [-0.3, -0.25) is 9.59 Å². The van der Waals surface area contributed by atoms with Crippen molar-refractivity contribution in [1.82, 2.24) is 0 Å². The van der Waals surface area contributed by atoms with Gasteiger partial charge < -0.3 is 14.9 Å². The maximum atomic E-state index is 11.9. The van der Waals surface area contributed by atoms with E-state index in [2.05, 4.69) is 0 Å². The van der Waals surface area contributed by atoms with Crippen LogP contribution in [-0.2, 0) is 16.0 Å². The molecule has 0 aliphatic heterocycles. The number of carboxylic acids is 2. The number of para-hydroxylation sites is 1. The number of hydrogen-bond acceptors (Lipinski definition) is 3. The Bertz CT molecular complexity index is 812. The van der Waals surface area contributed by atoms with Crippen molar-refractivity contribution in [3.63, 3.8) is 0 Å². The van der Waals surface area contributed by atoms with Crippen LogP contribution >= 0.6 is 0 Å². The van der Waals surface area contributed by atoms with Crippen molar-refractivity contribution in [2.24, 2.45) is 16.7 Å². The highest BCUT2D eigenvalue weighted by Crippen LogP contribution is 2.70. The predicted molar refractivity (Wildman–Crippen MR) is 91.6 cm³/mol. The van der Waals surface area contributed by atoms with E-state index in [1.807, 2.05) is 30.3 Å². The lowest BCUT2D eigenvalue weighted by Crippen LogP contribution is -2.25. The van der Waals surface area contributed by atoms with E-state index in [-0.39, 0.29) is 6.42 Å². The second-order valence-corrected chi connectivity index (χ2v) is 7.01. The zero-order chi connectivity index (χ0) is 18.2. The van der Waals surface area contributed by atoms with Crippen molar-refractivity contribution in [1.29, 1.82) is 0 Å². The molecule has 1 saturated carbocycles. The maximum absolute atomic E-state index is 11.9. The van der Waals surface area contributed by atoms with Crippen LogP contribution in [0.25, 0.3) is 0 Å². The first-order valence-electron chi connectivity index (χ1n) is 8.07. The molecule has 5 heteroatoms. The number of aliphatic carboxylic acids is 2. The Morgan fingerprint density at radius 2 is 1.64 bits per heavy atom. The molecule has 1 fully saturated rings. The van der Waals surface area contributed by atoms with Crippen LogP contribution in [0.1, 0.15) is 19.4 Å². The third kappa shape index (κ3) is 2.76. The molecule has 1 aliphatic carbocycles. The van der Waals surface area contributed by atoms with Gasteiger partial charge in [0.15, 0.2) is 0 Å². The summed E-state index contributed by atoms with van der Waals surface area (Å²) in [4.78, 5) is 23.4. The highest BCUT2D eigenvalue weighted by molar-refractivity contribution is 5.92. The van der Waals surface area contributed by atoms with Crippen molar-refractivity contribution in [2.45, 2.75) is 20.3 Å². The van der Waals surface area contributed by atoms with E-state index < -0.39 is 28.7 Å². The molecule has 1 aliphatic rings. The van der Waals surface area contributed by atoms with Crippen molar-refractivity contribution >= 4 is 11.9 Å². The van der Waals surface area contributed by atoms with Crippen molar-refractivity contribution < 1.29 is 24.5 Å². The second kappa shape index (κ2) is 5.92. The summed E-state index contributed by atoms with van der Waals surface area (Å²) >= 11 is 0. The molecule has 5 nitrogen and oxygen atoms in total. The number of hydrogen-bond donors (Lipinski definition) is 2. The molecular weight excluding hydrogens is 320 g/mol. The Kier molecular flexibility index (Phi) is 4.03. The molecule has 130 valence electrons. The molecular formula is C20H20O5. The van der Waals surface area contributed by atoms with Gasteiger partial charge in [0, 0.05) is 0 Å². The molecule has 0 saturated heterocycles. The molecule has 0 aromatic heterocycles. The summed E-state index contributed by atoms with van der Waals surface area (Å²) in [5, 5.41) is 19.1.